The molecule has 0 radical (unpaired) electrons. The van der Waals surface area contributed by atoms with Crippen LogP contribution in [0, 0.1) is 11.2 Å². The van der Waals surface area contributed by atoms with Gasteiger partial charge in [0.15, 0.2) is 0 Å². The fraction of sp³-hybridized carbons (Fsp3) is 0.600. The average molecular weight is 346 g/mol. The van der Waals surface area contributed by atoms with Crippen LogP contribution in [-0.2, 0) is 15.9 Å². The highest BCUT2D eigenvalue weighted by Crippen LogP contribution is 2.34. The molecule has 0 saturated carbocycles. The lowest BCUT2D eigenvalue weighted by molar-refractivity contribution is 0.144. The van der Waals surface area contributed by atoms with Gasteiger partial charge in [0.1, 0.15) is 5.82 Å². The molecule has 112 valence electrons. The van der Waals surface area contributed by atoms with Crippen molar-refractivity contribution in [1.29, 1.82) is 0 Å². The van der Waals surface area contributed by atoms with E-state index >= 15 is 0 Å². The summed E-state index contributed by atoms with van der Waals surface area (Å²) in [7, 11) is 1.70. The van der Waals surface area contributed by atoms with Crippen molar-refractivity contribution in [2.24, 2.45) is 5.41 Å². The maximum atomic E-state index is 13.2. The fourth-order valence-corrected chi connectivity index (χ4v) is 3.08. The van der Waals surface area contributed by atoms with Crippen LogP contribution in [0.15, 0.2) is 22.7 Å². The smallest absolute Gasteiger partial charge is 0.124 e. The second-order valence-electron chi connectivity index (χ2n) is 5.38. The highest BCUT2D eigenvalue weighted by atomic mass is 79.9. The molecule has 0 aromatic heterocycles. The quantitative estimate of drug-likeness (QED) is 0.771. The molecular formula is C15H21BrFNO2. The summed E-state index contributed by atoms with van der Waals surface area (Å²) in [5, 5.41) is 3.43. The van der Waals surface area contributed by atoms with Crippen molar-refractivity contribution >= 4 is 15.9 Å². The van der Waals surface area contributed by atoms with Crippen molar-refractivity contribution in [2.75, 3.05) is 40.0 Å². The van der Waals surface area contributed by atoms with Gasteiger partial charge in [0, 0.05) is 36.7 Å². The van der Waals surface area contributed by atoms with Crippen molar-refractivity contribution in [2.45, 2.75) is 12.8 Å². The molecular weight excluding hydrogens is 325 g/mol. The van der Waals surface area contributed by atoms with Crippen LogP contribution >= 0.6 is 15.9 Å². The van der Waals surface area contributed by atoms with Crippen LogP contribution in [0.5, 0.6) is 0 Å². The van der Waals surface area contributed by atoms with Crippen molar-refractivity contribution < 1.29 is 13.9 Å². The molecule has 1 saturated heterocycles. The second kappa shape index (κ2) is 7.50. The van der Waals surface area contributed by atoms with Gasteiger partial charge < -0.3 is 14.8 Å². The number of ether oxygens (including phenoxy) is 2. The van der Waals surface area contributed by atoms with Crippen LogP contribution in [0.4, 0.5) is 4.39 Å². The van der Waals surface area contributed by atoms with Gasteiger partial charge in [-0.2, -0.15) is 0 Å². The molecule has 1 aromatic carbocycles. The number of methoxy groups -OCH3 is 1. The summed E-state index contributed by atoms with van der Waals surface area (Å²) >= 11 is 3.45. The van der Waals surface area contributed by atoms with Gasteiger partial charge in [-0.1, -0.05) is 22.0 Å². The minimum Gasteiger partial charge on any atom is -0.383 e. The first-order chi connectivity index (χ1) is 9.65. The zero-order chi connectivity index (χ0) is 14.4. The first kappa shape index (κ1) is 15.9. The Kier molecular flexibility index (Phi) is 5.96. The van der Waals surface area contributed by atoms with Gasteiger partial charge in [-0.25, -0.2) is 4.39 Å². The van der Waals surface area contributed by atoms with E-state index in [9.17, 15) is 4.39 Å². The molecule has 0 aliphatic carbocycles. The molecule has 5 heteroatoms. The van der Waals surface area contributed by atoms with Crippen molar-refractivity contribution in [3.63, 3.8) is 0 Å². The zero-order valence-electron chi connectivity index (χ0n) is 11.8. The van der Waals surface area contributed by atoms with E-state index in [1.165, 1.54) is 12.1 Å². The van der Waals surface area contributed by atoms with E-state index in [4.69, 9.17) is 9.47 Å². The van der Waals surface area contributed by atoms with Gasteiger partial charge in [0.05, 0.1) is 13.2 Å². The summed E-state index contributed by atoms with van der Waals surface area (Å²) in [6.07, 6.45) is 1.91. The molecule has 1 fully saturated rings. The monoisotopic (exact) mass is 345 g/mol. The second-order valence-corrected chi connectivity index (χ2v) is 6.24. The molecule has 20 heavy (non-hydrogen) atoms. The minimum absolute atomic E-state index is 0.0914. The molecule has 1 heterocycles. The normalized spacial score (nSPS) is 22.4. The topological polar surface area (TPSA) is 30.5 Å². The molecule has 1 N–H and O–H groups in total. The third-order valence-electron chi connectivity index (χ3n) is 3.75. The number of hydrogen-bond donors (Lipinski definition) is 1. The van der Waals surface area contributed by atoms with Crippen LogP contribution in [-0.4, -0.2) is 40.0 Å². The minimum atomic E-state index is -0.212. The Hall–Kier alpha value is -0.490. The lowest BCUT2D eigenvalue weighted by Crippen LogP contribution is -2.38. The van der Waals surface area contributed by atoms with Crippen molar-refractivity contribution in [1.82, 2.24) is 5.32 Å². The fourth-order valence-electron chi connectivity index (χ4n) is 2.59. The van der Waals surface area contributed by atoms with E-state index in [1.807, 2.05) is 6.07 Å². The highest BCUT2D eigenvalue weighted by molar-refractivity contribution is 9.10. The molecule has 1 aromatic rings. The van der Waals surface area contributed by atoms with E-state index in [0.717, 1.165) is 49.2 Å². The highest BCUT2D eigenvalue weighted by Gasteiger charge is 2.35. The van der Waals surface area contributed by atoms with E-state index in [-0.39, 0.29) is 11.2 Å². The van der Waals surface area contributed by atoms with Gasteiger partial charge in [-0.3, -0.25) is 0 Å². The van der Waals surface area contributed by atoms with E-state index in [0.29, 0.717) is 6.61 Å². The molecule has 0 bridgehead atoms. The standard InChI is InChI=1S/C15H21BrFNO2/c1-19-7-5-18-10-15(4-6-20-11-15)9-12-2-3-13(17)8-14(12)16/h2-3,8,18H,4-7,9-11H2,1H3. The average Bonchev–Trinajstić information content (AvgIpc) is 2.87. The Morgan fingerprint density at radius 2 is 2.35 bits per heavy atom. The summed E-state index contributed by atoms with van der Waals surface area (Å²) < 4.78 is 24.6. The Balaban J connectivity index is 2.01. The lowest BCUT2D eigenvalue weighted by atomic mass is 9.81. The summed E-state index contributed by atoms with van der Waals surface area (Å²) in [5.41, 5.74) is 1.22. The Morgan fingerprint density at radius 1 is 1.50 bits per heavy atom. The lowest BCUT2D eigenvalue weighted by Gasteiger charge is -2.28. The molecule has 3 nitrogen and oxygen atoms in total. The Morgan fingerprint density at radius 3 is 3.00 bits per heavy atom. The maximum Gasteiger partial charge on any atom is 0.124 e. The molecule has 0 spiro atoms. The van der Waals surface area contributed by atoms with Crippen LogP contribution in [0.2, 0.25) is 0 Å². The number of benzene rings is 1. The van der Waals surface area contributed by atoms with Crippen LogP contribution < -0.4 is 5.32 Å². The molecule has 1 aliphatic rings. The SMILES string of the molecule is COCCNCC1(Cc2ccc(F)cc2Br)CCOC1. The first-order valence-corrected chi connectivity index (χ1v) is 7.66. The van der Waals surface area contributed by atoms with Gasteiger partial charge in [-0.05, 0) is 30.5 Å². The summed E-state index contributed by atoms with van der Waals surface area (Å²) in [6, 6.07) is 4.90. The van der Waals surface area contributed by atoms with E-state index in [1.54, 1.807) is 7.11 Å². The molecule has 1 unspecified atom stereocenters. The van der Waals surface area contributed by atoms with Gasteiger partial charge in [-0.15, -0.1) is 0 Å². The largest absolute Gasteiger partial charge is 0.383 e. The van der Waals surface area contributed by atoms with Crippen molar-refractivity contribution in [3.05, 3.63) is 34.1 Å². The Labute approximate surface area is 128 Å². The number of nitrogens with one attached hydrogen (secondary N) is 1. The van der Waals surface area contributed by atoms with Gasteiger partial charge in [0.25, 0.3) is 0 Å². The van der Waals surface area contributed by atoms with Crippen molar-refractivity contribution in [3.8, 4) is 0 Å². The van der Waals surface area contributed by atoms with E-state index in [2.05, 4.69) is 21.2 Å². The van der Waals surface area contributed by atoms with Crippen LogP contribution in [0.25, 0.3) is 0 Å². The predicted molar refractivity (Wildman–Crippen MR) is 80.4 cm³/mol. The molecule has 1 atom stereocenters. The van der Waals surface area contributed by atoms with Gasteiger partial charge >= 0.3 is 0 Å². The summed E-state index contributed by atoms with van der Waals surface area (Å²) in [5.74, 6) is -0.212. The maximum absolute atomic E-state index is 13.2. The van der Waals surface area contributed by atoms with Crippen LogP contribution in [0.3, 0.4) is 0 Å². The third-order valence-corrected chi connectivity index (χ3v) is 4.49. The number of rotatable bonds is 7. The van der Waals surface area contributed by atoms with Crippen LogP contribution in [0.1, 0.15) is 12.0 Å². The predicted octanol–water partition coefficient (Wildman–Crippen LogP) is 2.77. The summed E-state index contributed by atoms with van der Waals surface area (Å²) in [4.78, 5) is 0. The number of hydrogen-bond acceptors (Lipinski definition) is 3. The number of halogens is 2. The molecule has 0 amide bonds. The summed E-state index contributed by atoms with van der Waals surface area (Å²) in [6.45, 7) is 3.97. The third kappa shape index (κ3) is 4.25. The molecule has 2 rings (SSSR count). The first-order valence-electron chi connectivity index (χ1n) is 6.87. The Bertz CT molecular complexity index is 436. The van der Waals surface area contributed by atoms with E-state index < -0.39 is 0 Å². The zero-order valence-corrected chi connectivity index (χ0v) is 13.3. The molecule has 1 aliphatic heterocycles. The van der Waals surface area contributed by atoms with Gasteiger partial charge in [0.2, 0.25) is 0 Å².